The van der Waals surface area contributed by atoms with Crippen LogP contribution in [0.4, 0.5) is 8.78 Å². The third-order valence-corrected chi connectivity index (χ3v) is 6.63. The molecule has 0 bridgehead atoms. The van der Waals surface area contributed by atoms with Crippen LogP contribution in [-0.4, -0.2) is 51.2 Å². The summed E-state index contributed by atoms with van der Waals surface area (Å²) in [6.07, 6.45) is -0.328. The number of rotatable bonds is 6. The second-order valence-corrected chi connectivity index (χ2v) is 10.1. The molecule has 0 radical (unpaired) electrons. The lowest BCUT2D eigenvalue weighted by Gasteiger charge is -2.11. The molecule has 0 aliphatic rings. The normalized spacial score (nSPS) is 12.6. The molecule has 0 fully saturated rings. The first-order valence-corrected chi connectivity index (χ1v) is 11.9. The zero-order valence-corrected chi connectivity index (χ0v) is 17.9. The van der Waals surface area contributed by atoms with E-state index >= 15 is 0 Å². The molecule has 9 nitrogen and oxygen atoms in total. The third kappa shape index (κ3) is 4.10. The van der Waals surface area contributed by atoms with Gasteiger partial charge < -0.3 is 4.74 Å². The molecule has 0 amide bonds. The topological polar surface area (TPSA) is 134 Å². The SMILES string of the molecule is COc1nc(-n2cc(S(N)(=O)=O)c3ccc(Cl)c(S(C)(=O)=O)c32)ncc1CC(F)F. The lowest BCUT2D eigenvalue weighted by molar-refractivity contribution is 0.147. The first-order chi connectivity index (χ1) is 13.8. The van der Waals surface area contributed by atoms with E-state index in [1.807, 2.05) is 0 Å². The van der Waals surface area contributed by atoms with Crippen LogP contribution in [0.5, 0.6) is 5.88 Å². The molecule has 0 atom stereocenters. The molecule has 3 aromatic rings. The molecule has 30 heavy (non-hydrogen) atoms. The van der Waals surface area contributed by atoms with Crippen molar-refractivity contribution >= 4 is 42.4 Å². The van der Waals surface area contributed by atoms with E-state index in [1.54, 1.807) is 0 Å². The maximum atomic E-state index is 12.8. The van der Waals surface area contributed by atoms with Crippen LogP contribution in [0, 0.1) is 0 Å². The highest BCUT2D eigenvalue weighted by Gasteiger charge is 2.27. The Balaban J connectivity index is 2.43. The molecular weight excluding hydrogens is 466 g/mol. The molecule has 1 aromatic carbocycles. The van der Waals surface area contributed by atoms with Crippen molar-refractivity contribution in [1.29, 1.82) is 0 Å². The van der Waals surface area contributed by atoms with Crippen molar-refractivity contribution in [3.05, 3.63) is 35.1 Å². The summed E-state index contributed by atoms with van der Waals surface area (Å²) in [6, 6.07) is 2.53. The molecule has 2 N–H and O–H groups in total. The van der Waals surface area contributed by atoms with Crippen LogP contribution < -0.4 is 9.88 Å². The zero-order chi connectivity index (χ0) is 22.4. The number of hydrogen-bond donors (Lipinski definition) is 1. The lowest BCUT2D eigenvalue weighted by Crippen LogP contribution is -2.11. The number of methoxy groups -OCH3 is 1. The van der Waals surface area contributed by atoms with Crippen LogP contribution >= 0.6 is 11.6 Å². The minimum absolute atomic E-state index is 0.0146. The second-order valence-electron chi connectivity index (χ2n) is 6.25. The summed E-state index contributed by atoms with van der Waals surface area (Å²) in [5.41, 5.74) is -0.113. The van der Waals surface area contributed by atoms with Gasteiger partial charge in [-0.1, -0.05) is 11.6 Å². The fourth-order valence-corrected chi connectivity index (χ4v) is 5.23. The predicted octanol–water partition coefficient (Wildman–Crippen LogP) is 1.94. The summed E-state index contributed by atoms with van der Waals surface area (Å²) in [7, 11) is -7.00. The average molecular weight is 481 g/mol. The Hall–Kier alpha value is -2.35. The van der Waals surface area contributed by atoms with E-state index in [0.29, 0.717) is 0 Å². The Bertz CT molecular complexity index is 1360. The maximum absolute atomic E-state index is 12.8. The van der Waals surface area contributed by atoms with Crippen LogP contribution in [0.25, 0.3) is 16.9 Å². The average Bonchev–Trinajstić information content (AvgIpc) is 3.00. The molecule has 3 rings (SSSR count). The summed E-state index contributed by atoms with van der Waals surface area (Å²) < 4.78 is 80.5. The molecule has 0 spiro atoms. The number of sulfone groups is 1. The highest BCUT2D eigenvalue weighted by Crippen LogP contribution is 2.36. The van der Waals surface area contributed by atoms with Gasteiger partial charge in [0.25, 0.3) is 0 Å². The van der Waals surface area contributed by atoms with Crippen molar-refractivity contribution in [2.75, 3.05) is 13.4 Å². The van der Waals surface area contributed by atoms with Gasteiger partial charge in [-0.15, -0.1) is 0 Å². The number of sulfonamides is 1. The molecule has 0 aliphatic heterocycles. The Labute approximate surface area is 175 Å². The van der Waals surface area contributed by atoms with Gasteiger partial charge >= 0.3 is 0 Å². The van der Waals surface area contributed by atoms with Crippen LogP contribution in [0.1, 0.15) is 5.56 Å². The highest BCUT2D eigenvalue weighted by atomic mass is 35.5. The van der Waals surface area contributed by atoms with Crippen LogP contribution in [0.3, 0.4) is 0 Å². The van der Waals surface area contributed by atoms with Crippen molar-refractivity contribution in [2.45, 2.75) is 22.6 Å². The lowest BCUT2D eigenvalue weighted by atomic mass is 10.2. The van der Waals surface area contributed by atoms with E-state index in [9.17, 15) is 25.6 Å². The Kier molecular flexibility index (Phi) is 5.75. The molecule has 0 saturated carbocycles. The fraction of sp³-hybridized carbons (Fsp3) is 0.250. The van der Waals surface area contributed by atoms with E-state index in [2.05, 4.69) is 9.97 Å². The molecule has 0 saturated heterocycles. The summed E-state index contributed by atoms with van der Waals surface area (Å²) in [5.74, 6) is -0.404. The van der Waals surface area contributed by atoms with Crippen LogP contribution in [0.2, 0.25) is 5.02 Å². The number of fused-ring (bicyclic) bond motifs is 1. The van der Waals surface area contributed by atoms with Gasteiger partial charge in [-0.2, -0.15) is 4.98 Å². The minimum Gasteiger partial charge on any atom is -0.481 e. The van der Waals surface area contributed by atoms with Crippen molar-refractivity contribution < 1.29 is 30.4 Å². The van der Waals surface area contributed by atoms with Gasteiger partial charge in [0.05, 0.1) is 17.6 Å². The van der Waals surface area contributed by atoms with Gasteiger partial charge in [-0.25, -0.2) is 35.7 Å². The molecule has 2 aromatic heterocycles. The number of benzene rings is 1. The van der Waals surface area contributed by atoms with Crippen molar-refractivity contribution in [1.82, 2.24) is 14.5 Å². The maximum Gasteiger partial charge on any atom is 0.242 e. The zero-order valence-electron chi connectivity index (χ0n) is 15.5. The summed E-state index contributed by atoms with van der Waals surface area (Å²) in [5, 5.41) is 5.09. The smallest absolute Gasteiger partial charge is 0.242 e. The van der Waals surface area contributed by atoms with E-state index in [4.69, 9.17) is 21.5 Å². The van der Waals surface area contributed by atoms with E-state index in [0.717, 1.165) is 23.2 Å². The second kappa shape index (κ2) is 7.72. The molecular formula is C16H15ClF2N4O5S2. The molecule has 2 heterocycles. The fourth-order valence-electron chi connectivity index (χ4n) is 2.95. The summed E-state index contributed by atoms with van der Waals surface area (Å²) in [6.45, 7) is 0. The first-order valence-electron chi connectivity index (χ1n) is 8.09. The van der Waals surface area contributed by atoms with Crippen molar-refractivity contribution in [3.63, 3.8) is 0 Å². The summed E-state index contributed by atoms with van der Waals surface area (Å²) >= 11 is 6.09. The number of nitrogens with zero attached hydrogens (tertiary/aromatic N) is 3. The Morgan fingerprint density at radius 2 is 1.93 bits per heavy atom. The number of primary sulfonamides is 1. The molecule has 162 valence electrons. The summed E-state index contributed by atoms with van der Waals surface area (Å²) in [4.78, 5) is 7.25. The third-order valence-electron chi connectivity index (χ3n) is 4.11. The van der Waals surface area contributed by atoms with Gasteiger partial charge in [0.15, 0.2) is 9.84 Å². The number of hydrogen-bond acceptors (Lipinski definition) is 7. The molecule has 0 aliphatic carbocycles. The number of nitrogens with two attached hydrogens (primary N) is 1. The Morgan fingerprint density at radius 1 is 1.27 bits per heavy atom. The van der Waals surface area contributed by atoms with Crippen LogP contribution in [-0.2, 0) is 26.3 Å². The van der Waals surface area contributed by atoms with Gasteiger partial charge in [0, 0.05) is 36.0 Å². The number of halogens is 3. The van der Waals surface area contributed by atoms with Crippen molar-refractivity contribution in [3.8, 4) is 11.8 Å². The molecule has 0 unspecified atom stereocenters. The van der Waals surface area contributed by atoms with E-state index in [1.165, 1.54) is 19.2 Å². The van der Waals surface area contributed by atoms with E-state index in [-0.39, 0.29) is 38.2 Å². The minimum atomic E-state index is -4.28. The number of aromatic nitrogens is 3. The van der Waals surface area contributed by atoms with E-state index < -0.39 is 37.6 Å². The van der Waals surface area contributed by atoms with Gasteiger partial charge in [0.2, 0.25) is 28.3 Å². The number of alkyl halides is 2. The van der Waals surface area contributed by atoms with Gasteiger partial charge in [-0.3, -0.25) is 4.57 Å². The quantitative estimate of drug-likeness (QED) is 0.569. The number of ether oxygens (including phenoxy) is 1. The predicted molar refractivity (Wildman–Crippen MR) is 105 cm³/mol. The van der Waals surface area contributed by atoms with Gasteiger partial charge in [0.1, 0.15) is 9.79 Å². The monoisotopic (exact) mass is 480 g/mol. The van der Waals surface area contributed by atoms with Crippen LogP contribution in [0.15, 0.2) is 34.3 Å². The molecule has 14 heteroatoms. The highest BCUT2D eigenvalue weighted by molar-refractivity contribution is 7.91. The largest absolute Gasteiger partial charge is 0.481 e. The first kappa shape index (κ1) is 22.3. The van der Waals surface area contributed by atoms with Gasteiger partial charge in [-0.05, 0) is 12.1 Å². The Morgan fingerprint density at radius 3 is 2.47 bits per heavy atom. The van der Waals surface area contributed by atoms with Crippen molar-refractivity contribution in [2.24, 2.45) is 5.14 Å². The standard InChI is InChI=1S/C16H15ClF2N4O5S2/c1-28-15-8(5-12(18)19)6-21-16(22-15)23-7-11(30(20,26)27)9-3-4-10(17)14(13(9)23)29(2,24)25/h3-4,6-7,12H,5H2,1-2H3,(H2,20,26,27).